The fourth-order valence-electron chi connectivity index (χ4n) is 2.51. The minimum absolute atomic E-state index is 0.133. The van der Waals surface area contributed by atoms with E-state index in [4.69, 9.17) is 27.9 Å². The Morgan fingerprint density at radius 2 is 2.09 bits per heavy atom. The van der Waals surface area contributed by atoms with Gasteiger partial charge in [-0.25, -0.2) is 0 Å². The lowest BCUT2D eigenvalue weighted by atomic mass is 10.2. The summed E-state index contributed by atoms with van der Waals surface area (Å²) in [5.41, 5.74) is 0. The van der Waals surface area contributed by atoms with Crippen molar-refractivity contribution in [1.82, 2.24) is 10.2 Å². The van der Waals surface area contributed by atoms with E-state index < -0.39 is 6.10 Å². The first-order valence-corrected chi connectivity index (χ1v) is 8.29. The molecule has 1 heterocycles. The number of hydrogen-bond acceptors (Lipinski definition) is 3. The normalized spacial score (nSPS) is 20.2. The van der Waals surface area contributed by atoms with Crippen molar-refractivity contribution in [3.05, 3.63) is 28.2 Å². The first kappa shape index (κ1) is 17.4. The van der Waals surface area contributed by atoms with E-state index in [1.165, 1.54) is 0 Å². The molecule has 1 aromatic carbocycles. The molecule has 1 amide bonds. The summed E-state index contributed by atoms with van der Waals surface area (Å²) in [6.45, 7) is 7.93. The van der Waals surface area contributed by atoms with Crippen LogP contribution in [-0.2, 0) is 4.79 Å². The first-order chi connectivity index (χ1) is 10.4. The van der Waals surface area contributed by atoms with Gasteiger partial charge in [-0.3, -0.25) is 9.69 Å². The Balaban J connectivity index is 1.89. The third kappa shape index (κ3) is 4.28. The van der Waals surface area contributed by atoms with Gasteiger partial charge < -0.3 is 10.1 Å². The molecule has 1 aromatic rings. The van der Waals surface area contributed by atoms with Gasteiger partial charge in [0.1, 0.15) is 10.8 Å². The molecule has 1 aliphatic heterocycles. The van der Waals surface area contributed by atoms with E-state index >= 15 is 0 Å². The third-order valence-corrected chi connectivity index (χ3v) is 4.69. The van der Waals surface area contributed by atoms with E-state index in [0.717, 1.165) is 19.5 Å². The van der Waals surface area contributed by atoms with Crippen molar-refractivity contribution in [2.45, 2.75) is 45.4 Å². The number of ether oxygens (including phenoxy) is 1. The lowest BCUT2D eigenvalue weighted by Crippen LogP contribution is -2.44. The van der Waals surface area contributed by atoms with Gasteiger partial charge in [-0.15, -0.1) is 0 Å². The maximum absolute atomic E-state index is 12.2. The molecule has 0 aromatic heterocycles. The van der Waals surface area contributed by atoms with Crippen LogP contribution in [0, 0.1) is 0 Å². The van der Waals surface area contributed by atoms with E-state index in [9.17, 15) is 4.79 Å². The molecule has 1 aliphatic rings. The summed E-state index contributed by atoms with van der Waals surface area (Å²) in [5.74, 6) is 0.290. The highest BCUT2D eigenvalue weighted by molar-refractivity contribution is 6.42. The highest BCUT2D eigenvalue weighted by Crippen LogP contribution is 2.32. The van der Waals surface area contributed by atoms with Gasteiger partial charge in [0, 0.05) is 25.2 Å². The Labute approximate surface area is 141 Å². The van der Waals surface area contributed by atoms with Crippen molar-refractivity contribution in [2.24, 2.45) is 0 Å². The molecule has 2 atom stereocenters. The molecule has 0 unspecified atom stereocenters. The summed E-state index contributed by atoms with van der Waals surface area (Å²) < 4.78 is 5.63. The number of benzene rings is 1. The van der Waals surface area contributed by atoms with Gasteiger partial charge in [0.05, 0.1) is 5.02 Å². The lowest BCUT2D eigenvalue weighted by molar-refractivity contribution is -0.127. The van der Waals surface area contributed by atoms with Crippen LogP contribution >= 0.6 is 23.2 Å². The molecule has 0 aliphatic carbocycles. The minimum Gasteiger partial charge on any atom is -0.479 e. The van der Waals surface area contributed by atoms with Crippen LogP contribution in [0.15, 0.2) is 18.2 Å². The maximum atomic E-state index is 12.2. The maximum Gasteiger partial charge on any atom is 0.261 e. The van der Waals surface area contributed by atoms with Gasteiger partial charge >= 0.3 is 0 Å². The van der Waals surface area contributed by atoms with Crippen molar-refractivity contribution >= 4 is 29.1 Å². The summed E-state index contributed by atoms with van der Waals surface area (Å²) in [6.07, 6.45) is 0.346. The van der Waals surface area contributed by atoms with E-state index in [0.29, 0.717) is 21.8 Å². The monoisotopic (exact) mass is 344 g/mol. The molecule has 0 spiro atoms. The summed E-state index contributed by atoms with van der Waals surface area (Å²) in [7, 11) is 0. The number of nitrogens with one attached hydrogen (secondary N) is 1. The van der Waals surface area contributed by atoms with E-state index in [-0.39, 0.29) is 11.9 Å². The number of nitrogens with zero attached hydrogens (tertiary/aromatic N) is 1. The molecular formula is C16H22Cl2N2O2. The fraction of sp³-hybridized carbons (Fsp3) is 0.562. The Morgan fingerprint density at radius 3 is 2.73 bits per heavy atom. The molecule has 0 radical (unpaired) electrons. The minimum atomic E-state index is -0.621. The number of halogens is 2. The van der Waals surface area contributed by atoms with Crippen LogP contribution in [0.4, 0.5) is 0 Å². The molecule has 4 nitrogen and oxygen atoms in total. The SMILES string of the molecule is CC(C)N1CC[C@H](NC(=O)[C@H](C)Oc2cccc(Cl)c2Cl)C1. The van der Waals surface area contributed by atoms with E-state index in [1.807, 2.05) is 0 Å². The van der Waals surface area contributed by atoms with Crippen LogP contribution in [0.3, 0.4) is 0 Å². The molecule has 22 heavy (non-hydrogen) atoms. The average Bonchev–Trinajstić information content (AvgIpc) is 2.92. The van der Waals surface area contributed by atoms with Crippen LogP contribution in [0.2, 0.25) is 10.0 Å². The second kappa shape index (κ2) is 7.53. The summed E-state index contributed by atoms with van der Waals surface area (Å²) in [5, 5.41) is 3.78. The smallest absolute Gasteiger partial charge is 0.261 e. The largest absolute Gasteiger partial charge is 0.479 e. The van der Waals surface area contributed by atoms with E-state index in [1.54, 1.807) is 25.1 Å². The molecule has 6 heteroatoms. The van der Waals surface area contributed by atoms with Crippen molar-refractivity contribution < 1.29 is 9.53 Å². The van der Waals surface area contributed by atoms with Crippen molar-refractivity contribution in [1.29, 1.82) is 0 Å². The molecule has 2 rings (SSSR count). The highest BCUT2D eigenvalue weighted by Gasteiger charge is 2.27. The van der Waals surface area contributed by atoms with Crippen molar-refractivity contribution in [2.75, 3.05) is 13.1 Å². The summed E-state index contributed by atoms with van der Waals surface area (Å²) in [6, 6.07) is 5.80. The molecule has 1 N–H and O–H groups in total. The number of likely N-dealkylation sites (tertiary alicyclic amines) is 1. The van der Waals surface area contributed by atoms with Gasteiger partial charge in [-0.2, -0.15) is 0 Å². The first-order valence-electron chi connectivity index (χ1n) is 7.53. The van der Waals surface area contributed by atoms with Crippen molar-refractivity contribution in [3.63, 3.8) is 0 Å². The molecule has 122 valence electrons. The fourth-order valence-corrected chi connectivity index (χ4v) is 2.85. The number of carbonyl (C=O) groups excluding carboxylic acids is 1. The Morgan fingerprint density at radius 1 is 1.36 bits per heavy atom. The standard InChI is InChI=1S/C16H22Cl2N2O2/c1-10(2)20-8-7-12(9-20)19-16(21)11(3)22-14-6-4-5-13(17)15(14)18/h4-6,10-12H,7-9H2,1-3H3,(H,19,21)/t11-,12-/m0/s1. The number of amides is 1. The quantitative estimate of drug-likeness (QED) is 0.890. The lowest BCUT2D eigenvalue weighted by Gasteiger charge is -2.21. The second-order valence-corrected chi connectivity index (χ2v) is 6.68. The van der Waals surface area contributed by atoms with Gasteiger partial charge in [0.2, 0.25) is 0 Å². The highest BCUT2D eigenvalue weighted by atomic mass is 35.5. The predicted molar refractivity (Wildman–Crippen MR) is 89.8 cm³/mol. The Bertz CT molecular complexity index is 537. The van der Waals surface area contributed by atoms with Gasteiger partial charge in [-0.1, -0.05) is 29.3 Å². The Hall–Kier alpha value is -0.970. The van der Waals surface area contributed by atoms with Crippen LogP contribution in [0.5, 0.6) is 5.75 Å². The molecular weight excluding hydrogens is 323 g/mol. The van der Waals surface area contributed by atoms with Crippen LogP contribution in [0.1, 0.15) is 27.2 Å². The zero-order chi connectivity index (χ0) is 16.3. The third-order valence-electron chi connectivity index (χ3n) is 3.89. The molecule has 0 saturated carbocycles. The predicted octanol–water partition coefficient (Wildman–Crippen LogP) is 3.36. The summed E-state index contributed by atoms with van der Waals surface area (Å²) >= 11 is 12.0. The van der Waals surface area contributed by atoms with Gasteiger partial charge in [0.15, 0.2) is 6.10 Å². The second-order valence-electron chi connectivity index (χ2n) is 5.89. The van der Waals surface area contributed by atoms with Crippen LogP contribution < -0.4 is 10.1 Å². The number of rotatable bonds is 5. The zero-order valence-corrected chi connectivity index (χ0v) is 14.6. The van der Waals surface area contributed by atoms with Gasteiger partial charge in [-0.05, 0) is 39.3 Å². The topological polar surface area (TPSA) is 41.6 Å². The number of hydrogen-bond donors (Lipinski definition) is 1. The molecule has 0 bridgehead atoms. The van der Waals surface area contributed by atoms with Crippen molar-refractivity contribution in [3.8, 4) is 5.75 Å². The molecule has 1 saturated heterocycles. The average molecular weight is 345 g/mol. The molecule has 1 fully saturated rings. The van der Waals surface area contributed by atoms with Crippen LogP contribution in [0.25, 0.3) is 0 Å². The van der Waals surface area contributed by atoms with E-state index in [2.05, 4.69) is 24.1 Å². The summed E-state index contributed by atoms with van der Waals surface area (Å²) in [4.78, 5) is 14.6. The van der Waals surface area contributed by atoms with Gasteiger partial charge in [0.25, 0.3) is 5.91 Å². The van der Waals surface area contributed by atoms with Crippen LogP contribution in [-0.4, -0.2) is 42.1 Å². The Kier molecular flexibility index (Phi) is 5.95. The number of carbonyl (C=O) groups is 1. The zero-order valence-electron chi connectivity index (χ0n) is 13.1.